The Morgan fingerprint density at radius 2 is 1.35 bits per heavy atom. The smallest absolute Gasteiger partial charge is 0.348 e. The van der Waals surface area contributed by atoms with E-state index in [0.717, 1.165) is 12.8 Å². The van der Waals surface area contributed by atoms with Gasteiger partial charge < -0.3 is 9.47 Å². The molecule has 124 valence electrons. The number of ether oxygens (including phenoxy) is 2. The van der Waals surface area contributed by atoms with Crippen LogP contribution < -0.4 is 0 Å². The summed E-state index contributed by atoms with van der Waals surface area (Å²) in [5.74, 6) is -2.24. The van der Waals surface area contributed by atoms with Crippen LogP contribution in [0.3, 0.4) is 0 Å². The first-order valence-corrected chi connectivity index (χ1v) is 7.94. The molecule has 0 radical (unpaired) electrons. The van der Waals surface area contributed by atoms with Crippen LogP contribution in [0.1, 0.15) is 47.9 Å². The molecule has 0 atom stereocenters. The van der Waals surface area contributed by atoms with Gasteiger partial charge in [0, 0.05) is 12.8 Å². The van der Waals surface area contributed by atoms with Crippen molar-refractivity contribution in [2.24, 2.45) is 0 Å². The fourth-order valence-electron chi connectivity index (χ4n) is 2.94. The van der Waals surface area contributed by atoms with Crippen LogP contribution in [-0.2, 0) is 19.1 Å². The van der Waals surface area contributed by atoms with Gasteiger partial charge >= 0.3 is 11.9 Å². The van der Waals surface area contributed by atoms with E-state index in [0.29, 0.717) is 12.8 Å². The zero-order valence-electron chi connectivity index (χ0n) is 14.3. The first-order valence-electron chi connectivity index (χ1n) is 7.94. The minimum Gasteiger partial charge on any atom is -0.419 e. The van der Waals surface area contributed by atoms with E-state index in [4.69, 9.17) is 9.47 Å². The molecule has 1 saturated carbocycles. The summed E-state index contributed by atoms with van der Waals surface area (Å²) < 4.78 is 10.1. The van der Waals surface area contributed by atoms with E-state index < -0.39 is 17.7 Å². The van der Waals surface area contributed by atoms with Gasteiger partial charge in [-0.05, 0) is 57.2 Å². The Morgan fingerprint density at radius 1 is 0.913 bits per heavy atom. The lowest BCUT2D eigenvalue weighted by molar-refractivity contribution is -0.232. The molecule has 2 fully saturated rings. The van der Waals surface area contributed by atoms with Crippen molar-refractivity contribution < 1.29 is 19.1 Å². The summed E-state index contributed by atoms with van der Waals surface area (Å²) in [5, 5.41) is 0. The van der Waals surface area contributed by atoms with E-state index in [9.17, 15) is 9.59 Å². The molecule has 1 saturated heterocycles. The van der Waals surface area contributed by atoms with Gasteiger partial charge in [-0.25, -0.2) is 9.59 Å². The molecule has 1 spiro atoms. The number of benzene rings is 1. The van der Waals surface area contributed by atoms with Crippen LogP contribution in [0.25, 0.3) is 0 Å². The lowest BCUT2D eigenvalue weighted by Crippen LogP contribution is -2.44. The fraction of sp³-hybridized carbons (Fsp3) is 0.474. The Bertz CT molecular complexity index is 606. The van der Waals surface area contributed by atoms with E-state index >= 15 is 0 Å². The van der Waals surface area contributed by atoms with Crippen LogP contribution in [0.4, 0.5) is 0 Å². The molecule has 0 bridgehead atoms. The van der Waals surface area contributed by atoms with Gasteiger partial charge in [0.05, 0.1) is 0 Å². The van der Waals surface area contributed by atoms with Crippen molar-refractivity contribution in [3.05, 3.63) is 46.5 Å². The van der Waals surface area contributed by atoms with E-state index in [2.05, 4.69) is 46.4 Å². The van der Waals surface area contributed by atoms with Crippen molar-refractivity contribution >= 4 is 11.9 Å². The highest BCUT2D eigenvalue weighted by Crippen LogP contribution is 2.37. The van der Waals surface area contributed by atoms with Gasteiger partial charge in [-0.2, -0.15) is 0 Å². The summed E-state index contributed by atoms with van der Waals surface area (Å²) in [5.41, 5.74) is 5.37. The van der Waals surface area contributed by atoms with Crippen LogP contribution in [-0.4, -0.2) is 17.7 Å². The number of hydrogen-bond acceptors (Lipinski definition) is 4. The molecule has 1 aromatic rings. The van der Waals surface area contributed by atoms with E-state index in [1.165, 1.54) is 22.3 Å². The molecule has 3 rings (SSSR count). The van der Waals surface area contributed by atoms with Gasteiger partial charge in [-0.15, -0.1) is 0 Å². The monoisotopic (exact) mass is 316 g/mol. The predicted molar refractivity (Wildman–Crippen MR) is 87.9 cm³/mol. The number of carbonyl (C=O) groups excluding carboxylic acids is 2. The van der Waals surface area contributed by atoms with Gasteiger partial charge in [0.1, 0.15) is 5.57 Å². The van der Waals surface area contributed by atoms with Gasteiger partial charge in [0.25, 0.3) is 5.79 Å². The average molecular weight is 316 g/mol. The lowest BCUT2D eigenvalue weighted by Gasteiger charge is -2.32. The Balaban J connectivity index is 0.000000174. The molecule has 0 amide bonds. The molecule has 0 aromatic heterocycles. The molecule has 1 heterocycles. The Hall–Kier alpha value is -2.10. The normalized spacial score (nSPS) is 19.0. The topological polar surface area (TPSA) is 52.6 Å². The Labute approximate surface area is 137 Å². The third kappa shape index (κ3) is 3.81. The van der Waals surface area contributed by atoms with Crippen molar-refractivity contribution in [2.75, 3.05) is 0 Å². The molecular formula is C19H24O4. The largest absolute Gasteiger partial charge is 0.419 e. The molecule has 4 nitrogen and oxygen atoms in total. The molecule has 0 unspecified atom stereocenters. The van der Waals surface area contributed by atoms with Crippen molar-refractivity contribution in [1.29, 1.82) is 0 Å². The number of hydrogen-bond donors (Lipinski definition) is 0. The molecule has 4 heteroatoms. The average Bonchev–Trinajstić information content (AvgIpc) is 2.90. The van der Waals surface area contributed by atoms with Gasteiger partial charge in [0.2, 0.25) is 0 Å². The molecule has 23 heavy (non-hydrogen) atoms. The van der Waals surface area contributed by atoms with Gasteiger partial charge in [0.15, 0.2) is 0 Å². The van der Waals surface area contributed by atoms with Crippen molar-refractivity contribution in [3.8, 4) is 0 Å². The summed E-state index contributed by atoms with van der Waals surface area (Å²) in [4.78, 5) is 22.3. The summed E-state index contributed by atoms with van der Waals surface area (Å²) in [6.45, 7) is 11.9. The maximum atomic E-state index is 11.1. The van der Waals surface area contributed by atoms with Gasteiger partial charge in [-0.3, -0.25) is 0 Å². The molecule has 1 aliphatic heterocycles. The van der Waals surface area contributed by atoms with Crippen molar-refractivity contribution in [2.45, 2.75) is 59.2 Å². The van der Waals surface area contributed by atoms with E-state index in [-0.39, 0.29) is 5.57 Å². The zero-order chi connectivity index (χ0) is 17.2. The standard InChI is InChI=1S/C10H14.C9H10O4/c1-7-5-8(2)10(4)9(3)6-7;1-6-7(10)12-9(13-8(6)11)4-2-3-5-9/h5-6H,1-4H3;1-5H2. The number of esters is 2. The maximum Gasteiger partial charge on any atom is 0.348 e. The van der Waals surface area contributed by atoms with Crippen molar-refractivity contribution in [1.82, 2.24) is 0 Å². The highest BCUT2D eigenvalue weighted by Gasteiger charge is 2.47. The second-order valence-electron chi connectivity index (χ2n) is 6.40. The highest BCUT2D eigenvalue weighted by molar-refractivity contribution is 6.14. The Morgan fingerprint density at radius 3 is 1.78 bits per heavy atom. The van der Waals surface area contributed by atoms with Crippen LogP contribution in [0.15, 0.2) is 24.3 Å². The second-order valence-corrected chi connectivity index (χ2v) is 6.40. The summed E-state index contributed by atoms with van der Waals surface area (Å²) in [6, 6.07) is 4.45. The SMILES string of the molecule is C=C1C(=O)OC2(CCCC2)OC1=O.Cc1cc(C)c(C)c(C)c1. The summed E-state index contributed by atoms with van der Waals surface area (Å²) in [6.07, 6.45) is 3.07. The third-order valence-corrected chi connectivity index (χ3v) is 4.49. The predicted octanol–water partition coefficient (Wildman–Crippen LogP) is 3.83. The van der Waals surface area contributed by atoms with Crippen molar-refractivity contribution in [3.63, 3.8) is 0 Å². The maximum absolute atomic E-state index is 11.1. The molecule has 0 N–H and O–H groups in total. The third-order valence-electron chi connectivity index (χ3n) is 4.49. The van der Waals surface area contributed by atoms with Crippen LogP contribution in [0.5, 0.6) is 0 Å². The minimum absolute atomic E-state index is 0.211. The first kappa shape index (κ1) is 17.3. The number of aryl methyl sites for hydroxylation is 3. The van der Waals surface area contributed by atoms with Crippen LogP contribution in [0.2, 0.25) is 0 Å². The highest BCUT2D eigenvalue weighted by atomic mass is 16.7. The van der Waals surface area contributed by atoms with E-state index in [1.807, 2.05) is 0 Å². The molecule has 1 aliphatic carbocycles. The van der Waals surface area contributed by atoms with Crippen LogP contribution in [0, 0.1) is 27.7 Å². The summed E-state index contributed by atoms with van der Waals surface area (Å²) in [7, 11) is 0. The molecular weight excluding hydrogens is 292 g/mol. The molecule has 1 aromatic carbocycles. The number of rotatable bonds is 0. The second kappa shape index (κ2) is 6.57. The first-order chi connectivity index (χ1) is 10.7. The van der Waals surface area contributed by atoms with Crippen LogP contribution >= 0.6 is 0 Å². The van der Waals surface area contributed by atoms with Gasteiger partial charge in [-0.1, -0.05) is 24.3 Å². The zero-order valence-corrected chi connectivity index (χ0v) is 14.3. The quantitative estimate of drug-likeness (QED) is 0.415. The molecule has 2 aliphatic rings. The fourth-order valence-corrected chi connectivity index (χ4v) is 2.94. The lowest BCUT2D eigenvalue weighted by atomic mass is 10.0. The Kier molecular flexibility index (Phi) is 4.93. The minimum atomic E-state index is -0.963. The number of carbonyl (C=O) groups is 2. The van der Waals surface area contributed by atoms with E-state index in [1.54, 1.807) is 0 Å². The summed E-state index contributed by atoms with van der Waals surface area (Å²) >= 11 is 0.